The molecule has 0 saturated heterocycles. The number of urea groups is 1. The van der Waals surface area contributed by atoms with E-state index in [4.69, 9.17) is 14.6 Å². The Bertz CT molecular complexity index is 318. The zero-order chi connectivity index (χ0) is 15.5. The van der Waals surface area contributed by atoms with Crippen molar-refractivity contribution in [2.75, 3.05) is 26.9 Å². The molecule has 3 N–H and O–H groups in total. The lowest BCUT2D eigenvalue weighted by molar-refractivity contribution is -0.139. The van der Waals surface area contributed by atoms with Crippen molar-refractivity contribution in [3.05, 3.63) is 0 Å². The average molecular weight is 302 g/mol. The van der Waals surface area contributed by atoms with E-state index in [2.05, 4.69) is 10.6 Å². The van der Waals surface area contributed by atoms with Gasteiger partial charge in [-0.1, -0.05) is 12.8 Å². The summed E-state index contributed by atoms with van der Waals surface area (Å²) in [7, 11) is 1.56. The van der Waals surface area contributed by atoms with Crippen LogP contribution in [0.1, 0.15) is 38.5 Å². The standard InChI is InChI=1S/C14H26N2O5/c1-20-9-4-7-12(13(17)18)16-14(19)15-8-10-21-11-5-2-3-6-11/h11-12H,2-10H2,1H3,(H,17,18)(H2,15,16,19). The normalized spacial score (nSPS) is 16.6. The van der Waals surface area contributed by atoms with Crippen molar-refractivity contribution >= 4 is 12.0 Å². The Kier molecular flexibility index (Phi) is 8.77. The first kappa shape index (κ1) is 17.7. The lowest BCUT2D eigenvalue weighted by Gasteiger charge is -2.16. The molecule has 1 fully saturated rings. The molecule has 0 aromatic heterocycles. The molecule has 1 rings (SSSR count). The predicted molar refractivity (Wildman–Crippen MR) is 77.3 cm³/mol. The fourth-order valence-electron chi connectivity index (χ4n) is 2.34. The fraction of sp³-hybridized carbons (Fsp3) is 0.857. The summed E-state index contributed by atoms with van der Waals surface area (Å²) < 4.78 is 10.5. The Balaban J connectivity index is 2.12. The number of methoxy groups -OCH3 is 1. The first-order chi connectivity index (χ1) is 10.1. The van der Waals surface area contributed by atoms with Crippen LogP contribution in [0.5, 0.6) is 0 Å². The van der Waals surface area contributed by atoms with Crippen LogP contribution >= 0.6 is 0 Å². The van der Waals surface area contributed by atoms with Crippen LogP contribution in [0.4, 0.5) is 4.79 Å². The second kappa shape index (κ2) is 10.4. The van der Waals surface area contributed by atoms with Crippen LogP contribution in [-0.4, -0.2) is 56.1 Å². The minimum Gasteiger partial charge on any atom is -0.480 e. The van der Waals surface area contributed by atoms with E-state index >= 15 is 0 Å². The van der Waals surface area contributed by atoms with E-state index in [9.17, 15) is 9.59 Å². The second-order valence-electron chi connectivity index (χ2n) is 5.20. The molecule has 0 heterocycles. The minimum atomic E-state index is -1.04. The summed E-state index contributed by atoms with van der Waals surface area (Å²) in [5, 5.41) is 14.1. The Morgan fingerprint density at radius 2 is 2.00 bits per heavy atom. The molecular formula is C14H26N2O5. The van der Waals surface area contributed by atoms with Gasteiger partial charge >= 0.3 is 12.0 Å². The Morgan fingerprint density at radius 1 is 1.29 bits per heavy atom. The van der Waals surface area contributed by atoms with Gasteiger partial charge in [0.25, 0.3) is 0 Å². The zero-order valence-corrected chi connectivity index (χ0v) is 12.6. The van der Waals surface area contributed by atoms with E-state index in [1.54, 1.807) is 7.11 Å². The molecule has 2 amide bonds. The largest absolute Gasteiger partial charge is 0.480 e. The molecule has 0 aromatic carbocycles. The van der Waals surface area contributed by atoms with Gasteiger partial charge in [0.05, 0.1) is 12.7 Å². The van der Waals surface area contributed by atoms with Gasteiger partial charge in [0.2, 0.25) is 0 Å². The van der Waals surface area contributed by atoms with Crippen LogP contribution in [-0.2, 0) is 14.3 Å². The number of carboxylic acid groups (broad SMARTS) is 1. The maximum absolute atomic E-state index is 11.6. The van der Waals surface area contributed by atoms with E-state index < -0.39 is 18.0 Å². The third kappa shape index (κ3) is 7.87. The number of aliphatic carboxylic acids is 1. The molecule has 0 aromatic rings. The highest BCUT2D eigenvalue weighted by molar-refractivity contribution is 5.82. The minimum absolute atomic E-state index is 0.315. The number of rotatable bonds is 10. The van der Waals surface area contributed by atoms with E-state index in [1.165, 1.54) is 12.8 Å². The summed E-state index contributed by atoms with van der Waals surface area (Å²) >= 11 is 0. The van der Waals surface area contributed by atoms with Crippen molar-refractivity contribution in [1.82, 2.24) is 10.6 Å². The van der Waals surface area contributed by atoms with Crippen LogP contribution in [0.15, 0.2) is 0 Å². The molecule has 1 aliphatic rings. The van der Waals surface area contributed by atoms with Crippen molar-refractivity contribution in [3.63, 3.8) is 0 Å². The molecule has 7 heteroatoms. The van der Waals surface area contributed by atoms with Crippen LogP contribution in [0, 0.1) is 0 Å². The molecule has 0 radical (unpaired) electrons. The van der Waals surface area contributed by atoms with Gasteiger partial charge in [0, 0.05) is 20.3 Å². The van der Waals surface area contributed by atoms with Gasteiger partial charge in [-0.3, -0.25) is 0 Å². The van der Waals surface area contributed by atoms with Gasteiger partial charge in [-0.2, -0.15) is 0 Å². The monoisotopic (exact) mass is 302 g/mol. The van der Waals surface area contributed by atoms with Crippen molar-refractivity contribution in [2.45, 2.75) is 50.7 Å². The molecule has 0 spiro atoms. The molecule has 0 aliphatic heterocycles. The maximum atomic E-state index is 11.6. The molecule has 1 saturated carbocycles. The molecule has 122 valence electrons. The van der Waals surface area contributed by atoms with Gasteiger partial charge in [-0.25, -0.2) is 9.59 Å². The zero-order valence-electron chi connectivity index (χ0n) is 12.6. The molecule has 1 aliphatic carbocycles. The summed E-state index contributed by atoms with van der Waals surface area (Å²) in [6.45, 7) is 1.31. The van der Waals surface area contributed by atoms with E-state index in [1.807, 2.05) is 0 Å². The number of nitrogens with one attached hydrogen (secondary N) is 2. The van der Waals surface area contributed by atoms with Crippen molar-refractivity contribution in [2.24, 2.45) is 0 Å². The number of hydrogen-bond donors (Lipinski definition) is 3. The van der Waals surface area contributed by atoms with Gasteiger partial charge in [-0.15, -0.1) is 0 Å². The average Bonchev–Trinajstić information content (AvgIpc) is 2.96. The summed E-state index contributed by atoms with van der Waals surface area (Å²) in [6.07, 6.45) is 5.84. The molecule has 0 bridgehead atoms. The Hall–Kier alpha value is -1.34. The smallest absolute Gasteiger partial charge is 0.326 e. The lowest BCUT2D eigenvalue weighted by atomic mass is 10.1. The number of carbonyl (C=O) groups is 2. The highest BCUT2D eigenvalue weighted by Gasteiger charge is 2.19. The van der Waals surface area contributed by atoms with Gasteiger partial charge in [0.15, 0.2) is 0 Å². The Morgan fingerprint density at radius 3 is 2.62 bits per heavy atom. The van der Waals surface area contributed by atoms with Crippen LogP contribution in [0.25, 0.3) is 0 Å². The maximum Gasteiger partial charge on any atom is 0.326 e. The van der Waals surface area contributed by atoms with Gasteiger partial charge in [0.1, 0.15) is 6.04 Å². The van der Waals surface area contributed by atoms with Gasteiger partial charge < -0.3 is 25.2 Å². The SMILES string of the molecule is COCCCC(NC(=O)NCCOC1CCCC1)C(=O)O. The highest BCUT2D eigenvalue weighted by Crippen LogP contribution is 2.20. The van der Waals surface area contributed by atoms with Crippen LogP contribution in [0.3, 0.4) is 0 Å². The topological polar surface area (TPSA) is 96.9 Å². The highest BCUT2D eigenvalue weighted by atomic mass is 16.5. The summed E-state index contributed by atoms with van der Waals surface area (Å²) in [6, 6.07) is -1.37. The first-order valence-electron chi connectivity index (χ1n) is 7.51. The van der Waals surface area contributed by atoms with Crippen molar-refractivity contribution < 1.29 is 24.2 Å². The van der Waals surface area contributed by atoms with E-state index in [-0.39, 0.29) is 0 Å². The van der Waals surface area contributed by atoms with E-state index in [0.29, 0.717) is 38.7 Å². The molecule has 7 nitrogen and oxygen atoms in total. The van der Waals surface area contributed by atoms with Crippen molar-refractivity contribution in [1.29, 1.82) is 0 Å². The lowest BCUT2D eigenvalue weighted by Crippen LogP contribution is -2.46. The number of amides is 2. The predicted octanol–water partition coefficient (Wildman–Crippen LogP) is 1.12. The fourth-order valence-corrected chi connectivity index (χ4v) is 2.34. The number of carbonyl (C=O) groups excluding carboxylic acids is 1. The summed E-state index contributed by atoms with van der Waals surface area (Å²) in [4.78, 5) is 22.6. The molecule has 21 heavy (non-hydrogen) atoms. The van der Waals surface area contributed by atoms with Crippen molar-refractivity contribution in [3.8, 4) is 0 Å². The first-order valence-corrected chi connectivity index (χ1v) is 7.51. The molecule has 1 unspecified atom stereocenters. The summed E-state index contributed by atoms with van der Waals surface area (Å²) in [5.41, 5.74) is 0. The van der Waals surface area contributed by atoms with Crippen LogP contribution < -0.4 is 10.6 Å². The number of ether oxygens (including phenoxy) is 2. The molecule has 1 atom stereocenters. The summed E-state index contributed by atoms with van der Waals surface area (Å²) in [5.74, 6) is -1.04. The quantitative estimate of drug-likeness (QED) is 0.526. The molecular weight excluding hydrogens is 276 g/mol. The number of hydrogen-bond acceptors (Lipinski definition) is 4. The van der Waals surface area contributed by atoms with Crippen LogP contribution in [0.2, 0.25) is 0 Å². The third-order valence-corrected chi connectivity index (χ3v) is 3.49. The second-order valence-corrected chi connectivity index (χ2v) is 5.20. The van der Waals surface area contributed by atoms with E-state index in [0.717, 1.165) is 12.8 Å². The van der Waals surface area contributed by atoms with Gasteiger partial charge in [-0.05, 0) is 25.7 Å². The number of carboxylic acids is 1. The third-order valence-electron chi connectivity index (χ3n) is 3.49. The Labute approximate surface area is 125 Å².